The van der Waals surface area contributed by atoms with E-state index in [0.717, 1.165) is 34.8 Å². The average molecular weight is 334 g/mol. The third kappa shape index (κ3) is 4.24. The Hall–Kier alpha value is -2.68. The third-order valence-electron chi connectivity index (χ3n) is 3.92. The Bertz CT molecular complexity index is 917. The van der Waals surface area contributed by atoms with Crippen LogP contribution >= 0.6 is 0 Å². The molecule has 2 aromatic heterocycles. The van der Waals surface area contributed by atoms with Crippen molar-refractivity contribution in [2.75, 3.05) is 13.7 Å². The van der Waals surface area contributed by atoms with Crippen molar-refractivity contribution in [3.63, 3.8) is 0 Å². The largest absolute Gasteiger partial charge is 0.372 e. The van der Waals surface area contributed by atoms with Crippen LogP contribution in [0.3, 0.4) is 0 Å². The molecule has 3 aromatic rings. The van der Waals surface area contributed by atoms with E-state index in [9.17, 15) is 0 Å². The van der Waals surface area contributed by atoms with Crippen LogP contribution < -0.4 is 5.32 Å². The Labute approximate surface area is 148 Å². The third-order valence-corrected chi connectivity index (χ3v) is 3.92. The highest BCUT2D eigenvalue weighted by atomic mass is 16.5. The van der Waals surface area contributed by atoms with E-state index >= 15 is 0 Å². The summed E-state index contributed by atoms with van der Waals surface area (Å²) in [6.07, 6.45) is 1.83. The molecule has 5 nitrogen and oxygen atoms in total. The molecule has 1 N–H and O–H groups in total. The summed E-state index contributed by atoms with van der Waals surface area (Å²) in [5.74, 6) is 6.02. The molecule has 2 heterocycles. The fraction of sp³-hybridized carbons (Fsp3) is 0.300. The first-order valence-corrected chi connectivity index (χ1v) is 8.25. The first-order valence-electron chi connectivity index (χ1n) is 8.25. The number of nitrogens with one attached hydrogen (secondary N) is 1. The van der Waals surface area contributed by atoms with Crippen LogP contribution in [-0.4, -0.2) is 28.1 Å². The summed E-state index contributed by atoms with van der Waals surface area (Å²) in [5.41, 5.74) is 6.25. The normalized spacial score (nSPS) is 10.7. The van der Waals surface area contributed by atoms with Crippen LogP contribution in [0.1, 0.15) is 28.2 Å². The van der Waals surface area contributed by atoms with Crippen molar-refractivity contribution in [1.82, 2.24) is 19.7 Å². The minimum atomic E-state index is 0.453. The lowest BCUT2D eigenvalue weighted by Gasteiger charge is -2.05. The van der Waals surface area contributed by atoms with Gasteiger partial charge in [0.25, 0.3) is 0 Å². The van der Waals surface area contributed by atoms with Crippen LogP contribution in [0.4, 0.5) is 0 Å². The van der Waals surface area contributed by atoms with Gasteiger partial charge in [-0.15, -0.1) is 0 Å². The number of methoxy groups -OCH3 is 1. The van der Waals surface area contributed by atoms with Crippen LogP contribution in [0, 0.1) is 25.7 Å². The van der Waals surface area contributed by atoms with Gasteiger partial charge in [0, 0.05) is 37.2 Å². The van der Waals surface area contributed by atoms with E-state index in [1.54, 1.807) is 7.11 Å². The second kappa shape index (κ2) is 7.93. The van der Waals surface area contributed by atoms with Crippen LogP contribution in [0.25, 0.3) is 5.65 Å². The fourth-order valence-electron chi connectivity index (χ4n) is 2.69. The zero-order chi connectivity index (χ0) is 17.6. The first-order chi connectivity index (χ1) is 12.2. The molecular weight excluding hydrogens is 312 g/mol. The molecule has 0 aliphatic carbocycles. The lowest BCUT2D eigenvalue weighted by atomic mass is 10.1. The Morgan fingerprint density at radius 2 is 1.96 bits per heavy atom. The molecule has 0 aliphatic rings. The van der Waals surface area contributed by atoms with Gasteiger partial charge in [0.1, 0.15) is 12.9 Å². The van der Waals surface area contributed by atoms with Crippen molar-refractivity contribution < 1.29 is 4.74 Å². The van der Waals surface area contributed by atoms with E-state index in [0.29, 0.717) is 13.2 Å². The SMILES string of the molecule is COCC#Cc1ccc(CNCc2ncn3c(C)cc(C)nc23)cc1. The van der Waals surface area contributed by atoms with E-state index in [2.05, 4.69) is 52.2 Å². The topological polar surface area (TPSA) is 51.5 Å². The zero-order valence-electron chi connectivity index (χ0n) is 14.8. The quantitative estimate of drug-likeness (QED) is 0.729. The maximum atomic E-state index is 4.92. The van der Waals surface area contributed by atoms with Crippen LogP contribution in [0.15, 0.2) is 36.7 Å². The molecule has 5 heteroatoms. The maximum absolute atomic E-state index is 4.92. The molecule has 0 radical (unpaired) electrons. The molecule has 0 saturated heterocycles. The number of benzene rings is 1. The van der Waals surface area contributed by atoms with Crippen LogP contribution in [0.5, 0.6) is 0 Å². The van der Waals surface area contributed by atoms with E-state index in [-0.39, 0.29) is 0 Å². The number of hydrogen-bond acceptors (Lipinski definition) is 4. The van der Waals surface area contributed by atoms with Crippen molar-refractivity contribution in [3.8, 4) is 11.8 Å². The summed E-state index contributed by atoms with van der Waals surface area (Å²) in [6.45, 7) is 5.98. The zero-order valence-corrected chi connectivity index (χ0v) is 14.8. The Balaban J connectivity index is 1.61. The second-order valence-corrected chi connectivity index (χ2v) is 5.96. The molecule has 128 valence electrons. The van der Waals surface area contributed by atoms with Gasteiger partial charge >= 0.3 is 0 Å². The highest BCUT2D eigenvalue weighted by Crippen LogP contribution is 2.11. The molecule has 25 heavy (non-hydrogen) atoms. The number of fused-ring (bicyclic) bond motifs is 1. The molecule has 0 aliphatic heterocycles. The monoisotopic (exact) mass is 334 g/mol. The van der Waals surface area contributed by atoms with E-state index in [4.69, 9.17) is 4.74 Å². The van der Waals surface area contributed by atoms with Gasteiger partial charge in [-0.25, -0.2) is 9.97 Å². The molecule has 0 atom stereocenters. The lowest BCUT2D eigenvalue weighted by Crippen LogP contribution is -2.13. The van der Waals surface area contributed by atoms with Crippen molar-refractivity contribution >= 4 is 5.65 Å². The molecule has 0 fully saturated rings. The Morgan fingerprint density at radius 1 is 1.16 bits per heavy atom. The summed E-state index contributed by atoms with van der Waals surface area (Å²) in [6, 6.07) is 10.3. The fourth-order valence-corrected chi connectivity index (χ4v) is 2.69. The minimum Gasteiger partial charge on any atom is -0.372 e. The van der Waals surface area contributed by atoms with Gasteiger partial charge in [-0.3, -0.25) is 4.40 Å². The number of nitrogens with zero attached hydrogens (tertiary/aromatic N) is 3. The molecule has 0 saturated carbocycles. The molecule has 0 amide bonds. The summed E-state index contributed by atoms with van der Waals surface area (Å²) in [7, 11) is 1.64. The van der Waals surface area contributed by atoms with Crippen molar-refractivity contribution in [1.29, 1.82) is 0 Å². The molecule has 3 rings (SSSR count). The number of hydrogen-bond donors (Lipinski definition) is 1. The summed E-state index contributed by atoms with van der Waals surface area (Å²) < 4.78 is 6.95. The summed E-state index contributed by atoms with van der Waals surface area (Å²) >= 11 is 0. The number of ether oxygens (including phenoxy) is 1. The first kappa shape index (κ1) is 17.2. The Kier molecular flexibility index (Phi) is 5.44. The number of imidazole rings is 1. The second-order valence-electron chi connectivity index (χ2n) is 5.96. The van der Waals surface area contributed by atoms with Crippen LogP contribution in [-0.2, 0) is 17.8 Å². The van der Waals surface area contributed by atoms with Gasteiger partial charge in [0.2, 0.25) is 0 Å². The maximum Gasteiger partial charge on any atom is 0.161 e. The predicted molar refractivity (Wildman–Crippen MR) is 98.2 cm³/mol. The van der Waals surface area contributed by atoms with Crippen molar-refractivity contribution in [2.45, 2.75) is 26.9 Å². The van der Waals surface area contributed by atoms with Gasteiger partial charge in [-0.2, -0.15) is 0 Å². The summed E-state index contributed by atoms with van der Waals surface area (Å²) in [5, 5.41) is 3.44. The molecule has 0 spiro atoms. The highest BCUT2D eigenvalue weighted by molar-refractivity contribution is 5.46. The number of aromatic nitrogens is 3. The number of aryl methyl sites for hydroxylation is 2. The lowest BCUT2D eigenvalue weighted by molar-refractivity contribution is 0.240. The van der Waals surface area contributed by atoms with Gasteiger partial charge in [-0.1, -0.05) is 24.0 Å². The van der Waals surface area contributed by atoms with Crippen molar-refractivity contribution in [3.05, 3.63) is 64.9 Å². The van der Waals surface area contributed by atoms with Gasteiger partial charge in [0.15, 0.2) is 5.65 Å². The highest BCUT2D eigenvalue weighted by Gasteiger charge is 2.08. The summed E-state index contributed by atoms with van der Waals surface area (Å²) in [4.78, 5) is 9.10. The van der Waals surface area contributed by atoms with Crippen molar-refractivity contribution in [2.24, 2.45) is 0 Å². The average Bonchev–Trinajstić information content (AvgIpc) is 3.00. The molecule has 0 bridgehead atoms. The Morgan fingerprint density at radius 3 is 2.72 bits per heavy atom. The molecule has 1 aromatic carbocycles. The van der Waals surface area contributed by atoms with Gasteiger partial charge in [-0.05, 0) is 37.6 Å². The number of rotatable bonds is 5. The van der Waals surface area contributed by atoms with E-state index in [1.165, 1.54) is 5.56 Å². The standard InChI is InChI=1S/C20H22N4O/c1-15-11-16(2)24-14-22-19(20(24)23-15)13-21-12-18-8-6-17(7-9-18)5-4-10-25-3/h6-9,11,14,21H,10,12-13H2,1-3H3. The van der Waals surface area contributed by atoms with E-state index in [1.807, 2.05) is 29.8 Å². The van der Waals surface area contributed by atoms with Gasteiger partial charge in [0.05, 0.1) is 5.69 Å². The molecular formula is C20H22N4O. The van der Waals surface area contributed by atoms with Gasteiger partial charge < -0.3 is 10.1 Å². The van der Waals surface area contributed by atoms with Crippen LogP contribution in [0.2, 0.25) is 0 Å². The van der Waals surface area contributed by atoms with E-state index < -0.39 is 0 Å². The smallest absolute Gasteiger partial charge is 0.161 e. The molecule has 0 unspecified atom stereocenters. The minimum absolute atomic E-state index is 0.453. The predicted octanol–water partition coefficient (Wildman–Crippen LogP) is 2.63.